The third-order valence-electron chi connectivity index (χ3n) is 2.00. The summed E-state index contributed by atoms with van der Waals surface area (Å²) in [6.07, 6.45) is 0.944. The van der Waals surface area contributed by atoms with Crippen molar-refractivity contribution in [3.63, 3.8) is 0 Å². The van der Waals surface area contributed by atoms with Crippen LogP contribution in [0.25, 0.3) is 0 Å². The van der Waals surface area contributed by atoms with Crippen molar-refractivity contribution in [2.45, 2.75) is 32.9 Å². The number of rotatable bonds is 2. The van der Waals surface area contributed by atoms with E-state index in [9.17, 15) is 5.11 Å². The Labute approximate surface area is 72.1 Å². The van der Waals surface area contributed by atoms with E-state index in [2.05, 4.69) is 11.9 Å². The van der Waals surface area contributed by atoms with Crippen molar-refractivity contribution in [2.75, 3.05) is 5.75 Å². The van der Waals surface area contributed by atoms with E-state index in [1.165, 1.54) is 0 Å². The fraction of sp³-hybridized carbons (Fsp3) is 0.875. The fourth-order valence-electron chi connectivity index (χ4n) is 0.947. The van der Waals surface area contributed by atoms with Crippen LogP contribution in [0.2, 0.25) is 0 Å². The predicted octanol–water partition coefficient (Wildman–Crippen LogP) is 1.89. The molecule has 1 atom stereocenters. The molecule has 0 radical (unpaired) electrons. The van der Waals surface area contributed by atoms with Gasteiger partial charge in [-0.2, -0.15) is 0 Å². The quantitative estimate of drug-likeness (QED) is 0.691. The Bertz CT molecular complexity index is 179. The zero-order chi connectivity index (χ0) is 8.48. The fourth-order valence-corrected chi connectivity index (χ4v) is 2.15. The van der Waals surface area contributed by atoms with Crippen molar-refractivity contribution in [1.82, 2.24) is 0 Å². The van der Waals surface area contributed by atoms with E-state index in [1.807, 2.05) is 13.8 Å². The van der Waals surface area contributed by atoms with E-state index in [1.54, 1.807) is 11.8 Å². The Kier molecular flexibility index (Phi) is 2.60. The molecule has 1 aliphatic heterocycles. The average molecular weight is 173 g/mol. The number of thioether (sulfide) groups is 1. The monoisotopic (exact) mass is 173 g/mol. The van der Waals surface area contributed by atoms with Crippen LogP contribution in [0.3, 0.4) is 0 Å². The van der Waals surface area contributed by atoms with E-state index in [4.69, 9.17) is 0 Å². The standard InChI is InChI=1S/C8H15NOS/c1-4-7-9-8(10,5-11-7)6(2)3/h6,10H,4-5H2,1-3H3. The van der Waals surface area contributed by atoms with Gasteiger partial charge in [0.25, 0.3) is 0 Å². The average Bonchev–Trinajstić information content (AvgIpc) is 2.33. The lowest BCUT2D eigenvalue weighted by atomic mass is 10.0. The second-order valence-electron chi connectivity index (χ2n) is 3.18. The molecule has 1 rings (SSSR count). The molecule has 3 heteroatoms. The normalized spacial score (nSPS) is 31.2. The molecule has 0 amide bonds. The van der Waals surface area contributed by atoms with Gasteiger partial charge in [-0.1, -0.05) is 20.8 Å². The number of aliphatic imine (C=N–C) groups is 1. The van der Waals surface area contributed by atoms with Crippen molar-refractivity contribution in [3.8, 4) is 0 Å². The lowest BCUT2D eigenvalue weighted by molar-refractivity contribution is 0.0302. The molecule has 1 heterocycles. The molecule has 1 N–H and O–H groups in total. The van der Waals surface area contributed by atoms with Crippen LogP contribution in [0.1, 0.15) is 27.2 Å². The summed E-state index contributed by atoms with van der Waals surface area (Å²) >= 11 is 1.68. The summed E-state index contributed by atoms with van der Waals surface area (Å²) in [4.78, 5) is 4.27. The summed E-state index contributed by atoms with van der Waals surface area (Å²) in [5, 5.41) is 10.9. The van der Waals surface area contributed by atoms with Crippen molar-refractivity contribution in [2.24, 2.45) is 10.9 Å². The molecule has 0 fully saturated rings. The molecular weight excluding hydrogens is 158 g/mol. The highest BCUT2D eigenvalue weighted by Gasteiger charge is 2.35. The minimum absolute atomic E-state index is 0.221. The van der Waals surface area contributed by atoms with Crippen LogP contribution in [0, 0.1) is 5.92 Å². The van der Waals surface area contributed by atoms with Crippen LogP contribution in [-0.4, -0.2) is 21.6 Å². The van der Waals surface area contributed by atoms with Crippen LogP contribution in [0.5, 0.6) is 0 Å². The summed E-state index contributed by atoms with van der Waals surface area (Å²) in [5.74, 6) is 0.951. The molecule has 0 aliphatic carbocycles. The minimum atomic E-state index is -0.782. The van der Waals surface area contributed by atoms with Crippen molar-refractivity contribution >= 4 is 16.8 Å². The Morgan fingerprint density at radius 1 is 1.73 bits per heavy atom. The summed E-state index contributed by atoms with van der Waals surface area (Å²) in [6, 6.07) is 0. The van der Waals surface area contributed by atoms with Crippen molar-refractivity contribution in [3.05, 3.63) is 0 Å². The first-order valence-electron chi connectivity index (χ1n) is 4.02. The molecule has 2 nitrogen and oxygen atoms in total. The summed E-state index contributed by atoms with van der Waals surface area (Å²) in [5.41, 5.74) is -0.782. The Morgan fingerprint density at radius 3 is 2.64 bits per heavy atom. The maximum absolute atomic E-state index is 9.86. The van der Waals surface area contributed by atoms with Gasteiger partial charge >= 0.3 is 0 Å². The maximum atomic E-state index is 9.86. The third-order valence-corrected chi connectivity index (χ3v) is 3.28. The van der Waals surface area contributed by atoms with Crippen LogP contribution in [-0.2, 0) is 0 Å². The molecule has 0 saturated carbocycles. The van der Waals surface area contributed by atoms with Crippen LogP contribution < -0.4 is 0 Å². The first-order valence-corrected chi connectivity index (χ1v) is 5.01. The second kappa shape index (κ2) is 3.15. The summed E-state index contributed by atoms with van der Waals surface area (Å²) < 4.78 is 0. The van der Waals surface area contributed by atoms with Crippen LogP contribution in [0.15, 0.2) is 4.99 Å². The van der Waals surface area contributed by atoms with Gasteiger partial charge < -0.3 is 5.11 Å². The molecule has 1 aliphatic rings. The largest absolute Gasteiger partial charge is 0.368 e. The van der Waals surface area contributed by atoms with Crippen molar-refractivity contribution < 1.29 is 5.11 Å². The van der Waals surface area contributed by atoms with Gasteiger partial charge in [-0.05, 0) is 6.42 Å². The molecule has 0 bridgehead atoms. The van der Waals surface area contributed by atoms with Gasteiger partial charge in [0.05, 0.1) is 5.04 Å². The zero-order valence-corrected chi connectivity index (χ0v) is 8.11. The number of nitrogens with zero attached hydrogens (tertiary/aromatic N) is 1. The van der Waals surface area contributed by atoms with Gasteiger partial charge in [0.2, 0.25) is 0 Å². The van der Waals surface area contributed by atoms with E-state index < -0.39 is 5.72 Å². The van der Waals surface area contributed by atoms with Crippen LogP contribution in [0.4, 0.5) is 0 Å². The highest BCUT2D eigenvalue weighted by Crippen LogP contribution is 2.32. The van der Waals surface area contributed by atoms with Gasteiger partial charge in [0.1, 0.15) is 0 Å². The molecule has 0 aromatic heterocycles. The molecule has 1 unspecified atom stereocenters. The molecule has 64 valence electrons. The Morgan fingerprint density at radius 2 is 2.36 bits per heavy atom. The first-order chi connectivity index (χ1) is 5.08. The molecule has 0 spiro atoms. The third kappa shape index (κ3) is 1.76. The maximum Gasteiger partial charge on any atom is 0.168 e. The molecule has 0 saturated heterocycles. The summed E-state index contributed by atoms with van der Waals surface area (Å²) in [7, 11) is 0. The van der Waals surface area contributed by atoms with E-state index in [0.29, 0.717) is 0 Å². The Hall–Kier alpha value is -0.0200. The zero-order valence-electron chi connectivity index (χ0n) is 7.29. The lowest BCUT2D eigenvalue weighted by Crippen LogP contribution is -2.32. The Balaban J connectivity index is 2.70. The van der Waals surface area contributed by atoms with Gasteiger partial charge in [0, 0.05) is 11.7 Å². The van der Waals surface area contributed by atoms with E-state index >= 15 is 0 Å². The van der Waals surface area contributed by atoms with E-state index in [-0.39, 0.29) is 5.92 Å². The SMILES string of the molecule is CCC1=NC(O)(C(C)C)CS1. The van der Waals surface area contributed by atoms with Gasteiger partial charge in [-0.3, -0.25) is 0 Å². The number of hydrogen-bond acceptors (Lipinski definition) is 3. The molecule has 0 aromatic rings. The smallest absolute Gasteiger partial charge is 0.168 e. The van der Waals surface area contributed by atoms with Crippen LogP contribution >= 0.6 is 11.8 Å². The lowest BCUT2D eigenvalue weighted by Gasteiger charge is -2.22. The highest BCUT2D eigenvalue weighted by atomic mass is 32.2. The van der Waals surface area contributed by atoms with Gasteiger partial charge in [-0.15, -0.1) is 11.8 Å². The topological polar surface area (TPSA) is 32.6 Å². The van der Waals surface area contributed by atoms with Crippen molar-refractivity contribution in [1.29, 1.82) is 0 Å². The molecular formula is C8H15NOS. The second-order valence-corrected chi connectivity index (χ2v) is 4.23. The number of hydrogen-bond donors (Lipinski definition) is 1. The van der Waals surface area contributed by atoms with Gasteiger partial charge in [-0.25, -0.2) is 4.99 Å². The minimum Gasteiger partial charge on any atom is -0.368 e. The van der Waals surface area contributed by atoms with E-state index in [0.717, 1.165) is 17.2 Å². The molecule has 11 heavy (non-hydrogen) atoms. The highest BCUT2D eigenvalue weighted by molar-refractivity contribution is 8.14. The molecule has 0 aromatic carbocycles. The first kappa shape index (κ1) is 9.07. The predicted molar refractivity (Wildman–Crippen MR) is 50.0 cm³/mol. The van der Waals surface area contributed by atoms with Gasteiger partial charge in [0.15, 0.2) is 5.72 Å². The summed E-state index contributed by atoms with van der Waals surface area (Å²) in [6.45, 7) is 6.07. The number of aliphatic hydroxyl groups is 1.